The molecule has 6 nitrogen and oxygen atoms in total. The molecule has 0 spiro atoms. The molecule has 1 amide bonds. The summed E-state index contributed by atoms with van der Waals surface area (Å²) in [5, 5.41) is 0. The van der Waals surface area contributed by atoms with Crippen LogP contribution in [-0.2, 0) is 11.4 Å². The van der Waals surface area contributed by atoms with E-state index in [9.17, 15) is 4.79 Å². The van der Waals surface area contributed by atoms with Gasteiger partial charge in [0.25, 0.3) is 5.91 Å². The molecule has 2 rings (SSSR count). The highest BCUT2D eigenvalue weighted by molar-refractivity contribution is 5.92. The van der Waals surface area contributed by atoms with Gasteiger partial charge in [-0.15, -0.1) is 0 Å². The summed E-state index contributed by atoms with van der Waals surface area (Å²) in [6.45, 7) is 0.267. The average molecular weight is 259 g/mol. The molecule has 0 aliphatic rings. The third-order valence-corrected chi connectivity index (χ3v) is 2.39. The Balaban J connectivity index is 1.81. The van der Waals surface area contributed by atoms with Crippen molar-refractivity contribution in [1.29, 1.82) is 0 Å². The number of rotatable bonds is 5. The van der Waals surface area contributed by atoms with E-state index < -0.39 is 0 Å². The predicted octanol–water partition coefficient (Wildman–Crippen LogP) is 1.35. The maximum atomic E-state index is 11.6. The van der Waals surface area contributed by atoms with Crippen LogP contribution in [0, 0.1) is 0 Å². The van der Waals surface area contributed by atoms with Gasteiger partial charge >= 0.3 is 0 Å². The normalized spacial score (nSPS) is 9.95. The minimum absolute atomic E-state index is 0.267. The Morgan fingerprint density at radius 3 is 2.53 bits per heavy atom. The number of hydrogen-bond donors (Lipinski definition) is 1. The highest BCUT2D eigenvalue weighted by atomic mass is 16.6. The zero-order chi connectivity index (χ0) is 13.5. The Morgan fingerprint density at radius 2 is 1.89 bits per heavy atom. The van der Waals surface area contributed by atoms with E-state index in [1.807, 2.05) is 24.3 Å². The number of carbonyl (C=O) groups is 1. The fourth-order valence-corrected chi connectivity index (χ4v) is 1.38. The number of nitrogens with zero attached hydrogens (tertiary/aromatic N) is 2. The quantitative estimate of drug-likeness (QED) is 0.820. The molecule has 0 atom stereocenters. The lowest BCUT2D eigenvalue weighted by Crippen LogP contribution is -2.23. The van der Waals surface area contributed by atoms with Crippen molar-refractivity contribution >= 4 is 5.91 Å². The van der Waals surface area contributed by atoms with Crippen molar-refractivity contribution < 1.29 is 14.4 Å². The summed E-state index contributed by atoms with van der Waals surface area (Å²) in [5.74, 6) is 0.392. The van der Waals surface area contributed by atoms with E-state index in [-0.39, 0.29) is 12.5 Å². The zero-order valence-electron chi connectivity index (χ0n) is 10.4. The first-order chi connectivity index (χ1) is 9.29. The second kappa shape index (κ2) is 6.46. The van der Waals surface area contributed by atoms with Crippen molar-refractivity contribution in [3.05, 3.63) is 54.1 Å². The molecular formula is C13H13N3O3. The summed E-state index contributed by atoms with van der Waals surface area (Å²) in [4.78, 5) is 24.2. The van der Waals surface area contributed by atoms with E-state index in [4.69, 9.17) is 9.57 Å². The van der Waals surface area contributed by atoms with Crippen molar-refractivity contribution in [3.63, 3.8) is 0 Å². The first kappa shape index (κ1) is 13.0. The van der Waals surface area contributed by atoms with Crippen LogP contribution in [0.5, 0.6) is 5.75 Å². The van der Waals surface area contributed by atoms with Crippen LogP contribution in [0.15, 0.2) is 43.0 Å². The minimum atomic E-state index is -0.380. The highest BCUT2D eigenvalue weighted by Crippen LogP contribution is 2.11. The minimum Gasteiger partial charge on any atom is -0.497 e. The maximum Gasteiger partial charge on any atom is 0.277 e. The number of ether oxygens (including phenoxy) is 1. The van der Waals surface area contributed by atoms with E-state index in [1.165, 1.54) is 18.7 Å². The fraction of sp³-hybridized carbons (Fsp3) is 0.154. The number of carbonyl (C=O) groups excluding carboxylic acids is 1. The number of benzene rings is 1. The highest BCUT2D eigenvalue weighted by Gasteiger charge is 2.05. The van der Waals surface area contributed by atoms with Gasteiger partial charge in [-0.05, 0) is 17.7 Å². The second-order valence-electron chi connectivity index (χ2n) is 3.70. The molecule has 0 unspecified atom stereocenters. The number of aromatic nitrogens is 2. The molecule has 0 saturated carbocycles. The second-order valence-corrected chi connectivity index (χ2v) is 3.70. The van der Waals surface area contributed by atoms with Crippen LogP contribution in [0.25, 0.3) is 0 Å². The van der Waals surface area contributed by atoms with Crippen molar-refractivity contribution in [1.82, 2.24) is 15.4 Å². The lowest BCUT2D eigenvalue weighted by molar-refractivity contribution is 0.0233. The number of nitrogens with one attached hydrogen (secondary N) is 1. The first-order valence-electron chi connectivity index (χ1n) is 5.59. The van der Waals surface area contributed by atoms with Crippen molar-refractivity contribution in [2.24, 2.45) is 0 Å². The van der Waals surface area contributed by atoms with Gasteiger partial charge in [-0.1, -0.05) is 12.1 Å². The maximum absolute atomic E-state index is 11.6. The third kappa shape index (κ3) is 3.75. The summed E-state index contributed by atoms with van der Waals surface area (Å²) in [5.41, 5.74) is 3.59. The van der Waals surface area contributed by atoms with E-state index in [0.717, 1.165) is 11.3 Å². The molecule has 98 valence electrons. The number of amides is 1. The van der Waals surface area contributed by atoms with Crippen LogP contribution in [0.2, 0.25) is 0 Å². The van der Waals surface area contributed by atoms with Crippen LogP contribution in [0.4, 0.5) is 0 Å². The fourth-order valence-electron chi connectivity index (χ4n) is 1.38. The largest absolute Gasteiger partial charge is 0.497 e. The van der Waals surface area contributed by atoms with Crippen LogP contribution in [-0.4, -0.2) is 23.0 Å². The molecular weight excluding hydrogens is 246 g/mol. The van der Waals surface area contributed by atoms with Crippen LogP contribution in [0.1, 0.15) is 15.9 Å². The smallest absolute Gasteiger partial charge is 0.277 e. The van der Waals surface area contributed by atoms with Gasteiger partial charge in [-0.2, -0.15) is 0 Å². The van der Waals surface area contributed by atoms with Gasteiger partial charge in [0.15, 0.2) is 0 Å². The SMILES string of the molecule is COc1ccc(CONC(=O)c2cncnc2)cc1. The van der Waals surface area contributed by atoms with Crippen molar-refractivity contribution in [2.45, 2.75) is 6.61 Å². The van der Waals surface area contributed by atoms with Gasteiger partial charge in [-0.25, -0.2) is 15.4 Å². The third-order valence-electron chi connectivity index (χ3n) is 2.39. The summed E-state index contributed by atoms with van der Waals surface area (Å²) >= 11 is 0. The molecule has 0 aliphatic heterocycles. The molecule has 6 heteroatoms. The molecule has 0 saturated heterocycles. The molecule has 1 N–H and O–H groups in total. The Labute approximate surface area is 110 Å². The number of hydrogen-bond acceptors (Lipinski definition) is 5. The predicted molar refractivity (Wildman–Crippen MR) is 67.3 cm³/mol. The standard InChI is InChI=1S/C13H13N3O3/c1-18-12-4-2-10(3-5-12)8-19-16-13(17)11-6-14-9-15-7-11/h2-7,9H,8H2,1H3,(H,16,17). The summed E-state index contributed by atoms with van der Waals surface area (Å²) < 4.78 is 5.05. The molecule has 0 bridgehead atoms. The number of hydroxylamine groups is 1. The van der Waals surface area contributed by atoms with Crippen LogP contribution < -0.4 is 10.2 Å². The molecule has 1 aromatic carbocycles. The van der Waals surface area contributed by atoms with Gasteiger partial charge in [0.2, 0.25) is 0 Å². The molecule has 0 radical (unpaired) electrons. The zero-order valence-corrected chi connectivity index (χ0v) is 10.4. The lowest BCUT2D eigenvalue weighted by atomic mass is 10.2. The van der Waals surface area contributed by atoms with E-state index >= 15 is 0 Å². The van der Waals surface area contributed by atoms with E-state index in [0.29, 0.717) is 5.56 Å². The van der Waals surface area contributed by atoms with Gasteiger partial charge in [-0.3, -0.25) is 9.63 Å². The lowest BCUT2D eigenvalue weighted by Gasteiger charge is -2.06. The van der Waals surface area contributed by atoms with Gasteiger partial charge in [0, 0.05) is 12.4 Å². The Hall–Kier alpha value is -2.47. The summed E-state index contributed by atoms with van der Waals surface area (Å²) in [7, 11) is 1.60. The first-order valence-corrected chi connectivity index (χ1v) is 5.59. The summed E-state index contributed by atoms with van der Waals surface area (Å²) in [6.07, 6.45) is 4.19. The topological polar surface area (TPSA) is 73.3 Å². The van der Waals surface area contributed by atoms with Gasteiger partial charge < -0.3 is 4.74 Å². The van der Waals surface area contributed by atoms with E-state index in [1.54, 1.807) is 7.11 Å². The van der Waals surface area contributed by atoms with Crippen molar-refractivity contribution in [3.8, 4) is 5.75 Å². The van der Waals surface area contributed by atoms with Crippen molar-refractivity contribution in [2.75, 3.05) is 7.11 Å². The Bertz CT molecular complexity index is 529. The van der Waals surface area contributed by atoms with E-state index in [2.05, 4.69) is 15.4 Å². The summed E-state index contributed by atoms with van der Waals surface area (Å²) in [6, 6.07) is 7.37. The molecule has 19 heavy (non-hydrogen) atoms. The van der Waals surface area contributed by atoms with Crippen LogP contribution >= 0.6 is 0 Å². The molecule has 0 aliphatic carbocycles. The molecule has 0 fully saturated rings. The monoisotopic (exact) mass is 259 g/mol. The Kier molecular flexibility index (Phi) is 4.41. The van der Waals surface area contributed by atoms with Gasteiger partial charge in [0.05, 0.1) is 19.3 Å². The molecule has 2 aromatic rings. The van der Waals surface area contributed by atoms with Gasteiger partial charge in [0.1, 0.15) is 12.1 Å². The average Bonchev–Trinajstić information content (AvgIpc) is 2.49. The molecule has 1 heterocycles. The Morgan fingerprint density at radius 1 is 1.21 bits per heavy atom. The number of methoxy groups -OCH3 is 1. The van der Waals surface area contributed by atoms with Crippen LogP contribution in [0.3, 0.4) is 0 Å². The molecule has 1 aromatic heterocycles.